The van der Waals surface area contributed by atoms with Crippen molar-refractivity contribution in [2.45, 2.75) is 32.6 Å². The minimum Gasteiger partial charge on any atom is -0.373 e. The molecular formula is C14H22N4. The van der Waals surface area contributed by atoms with Crippen LogP contribution in [0.5, 0.6) is 0 Å². The normalized spacial score (nSPS) is 18.8. The summed E-state index contributed by atoms with van der Waals surface area (Å²) in [6.07, 6.45) is 5.57. The Morgan fingerprint density at radius 2 is 1.78 bits per heavy atom. The highest BCUT2D eigenvalue weighted by Crippen LogP contribution is 2.35. The zero-order chi connectivity index (χ0) is 12.5. The highest BCUT2D eigenvalue weighted by Gasteiger charge is 2.30. The zero-order valence-electron chi connectivity index (χ0n) is 11.3. The van der Waals surface area contributed by atoms with Crippen LogP contribution < -0.4 is 10.2 Å². The Bertz CT molecular complexity index is 410. The van der Waals surface area contributed by atoms with Crippen molar-refractivity contribution in [2.75, 3.05) is 30.4 Å². The predicted octanol–water partition coefficient (Wildman–Crippen LogP) is 2.45. The number of hydrogen-bond acceptors (Lipinski definition) is 4. The summed E-state index contributed by atoms with van der Waals surface area (Å²) in [5.74, 6) is 4.68. The second-order valence-corrected chi connectivity index (χ2v) is 5.70. The third kappa shape index (κ3) is 2.92. The Kier molecular flexibility index (Phi) is 3.10. The van der Waals surface area contributed by atoms with Crippen molar-refractivity contribution < 1.29 is 0 Å². The van der Waals surface area contributed by atoms with Crippen molar-refractivity contribution in [3.8, 4) is 0 Å². The minimum absolute atomic E-state index is 0.855. The lowest BCUT2D eigenvalue weighted by Crippen LogP contribution is -2.29. The summed E-state index contributed by atoms with van der Waals surface area (Å²) in [7, 11) is 1.91. The molecule has 0 aromatic carbocycles. The van der Waals surface area contributed by atoms with Gasteiger partial charge >= 0.3 is 0 Å². The number of aromatic nitrogens is 2. The van der Waals surface area contributed by atoms with Crippen LogP contribution in [-0.2, 0) is 0 Å². The lowest BCUT2D eigenvalue weighted by atomic mass is 10.3. The van der Waals surface area contributed by atoms with Gasteiger partial charge in [-0.2, -0.15) is 0 Å². The van der Waals surface area contributed by atoms with E-state index in [4.69, 9.17) is 0 Å². The van der Waals surface area contributed by atoms with Gasteiger partial charge in [-0.3, -0.25) is 0 Å². The fourth-order valence-electron chi connectivity index (χ4n) is 2.33. The van der Waals surface area contributed by atoms with Crippen molar-refractivity contribution >= 4 is 11.6 Å². The standard InChI is InChI=1S/C14H22N4/c1-10-16-13(15-2)7-14(17-10)18(8-11-3-4-11)9-12-5-6-12/h7,11-12H,3-6,8-9H2,1-2H3,(H,15,16,17). The van der Waals surface area contributed by atoms with Crippen LogP contribution in [0.4, 0.5) is 11.6 Å². The van der Waals surface area contributed by atoms with Gasteiger partial charge in [-0.25, -0.2) is 9.97 Å². The molecule has 2 fully saturated rings. The molecule has 0 amide bonds. The van der Waals surface area contributed by atoms with Gasteiger partial charge in [0.05, 0.1) is 0 Å². The van der Waals surface area contributed by atoms with Crippen LogP contribution in [0, 0.1) is 18.8 Å². The summed E-state index contributed by atoms with van der Waals surface area (Å²) in [5.41, 5.74) is 0. The molecule has 0 aliphatic heterocycles. The molecule has 3 rings (SSSR count). The molecule has 2 aliphatic rings. The topological polar surface area (TPSA) is 41.0 Å². The van der Waals surface area contributed by atoms with Gasteiger partial charge in [-0.15, -0.1) is 0 Å². The van der Waals surface area contributed by atoms with Crippen LogP contribution >= 0.6 is 0 Å². The van der Waals surface area contributed by atoms with E-state index in [9.17, 15) is 0 Å². The number of rotatable bonds is 6. The Balaban J connectivity index is 1.79. The van der Waals surface area contributed by atoms with Gasteiger partial charge in [0.15, 0.2) is 0 Å². The second-order valence-electron chi connectivity index (χ2n) is 5.70. The van der Waals surface area contributed by atoms with Crippen molar-refractivity contribution in [2.24, 2.45) is 11.8 Å². The zero-order valence-corrected chi connectivity index (χ0v) is 11.3. The fourth-order valence-corrected chi connectivity index (χ4v) is 2.33. The summed E-state index contributed by atoms with van der Waals surface area (Å²) in [4.78, 5) is 11.5. The van der Waals surface area contributed by atoms with E-state index in [1.165, 1.54) is 38.8 Å². The number of anilines is 2. The van der Waals surface area contributed by atoms with E-state index in [1.807, 2.05) is 14.0 Å². The lowest BCUT2D eigenvalue weighted by molar-refractivity contribution is 0.669. The second kappa shape index (κ2) is 4.75. The van der Waals surface area contributed by atoms with Gasteiger partial charge in [0.2, 0.25) is 0 Å². The summed E-state index contributed by atoms with van der Waals surface area (Å²) in [6, 6.07) is 2.08. The van der Waals surface area contributed by atoms with Gasteiger partial charge < -0.3 is 10.2 Å². The average molecular weight is 246 g/mol. The van der Waals surface area contributed by atoms with Gasteiger partial charge in [0, 0.05) is 26.2 Å². The summed E-state index contributed by atoms with van der Waals surface area (Å²) in [6.45, 7) is 4.32. The first-order valence-electron chi connectivity index (χ1n) is 7.03. The van der Waals surface area contributed by atoms with Gasteiger partial charge in [-0.1, -0.05) is 0 Å². The van der Waals surface area contributed by atoms with Gasteiger partial charge in [-0.05, 0) is 44.4 Å². The molecule has 1 aromatic rings. The molecule has 2 saturated carbocycles. The van der Waals surface area contributed by atoms with E-state index in [-0.39, 0.29) is 0 Å². The van der Waals surface area contributed by atoms with E-state index in [0.29, 0.717) is 0 Å². The highest BCUT2D eigenvalue weighted by molar-refractivity contribution is 5.49. The Labute approximate surface area is 109 Å². The van der Waals surface area contributed by atoms with Crippen LogP contribution in [-0.4, -0.2) is 30.1 Å². The molecule has 0 saturated heterocycles. The summed E-state index contributed by atoms with van der Waals surface area (Å²) < 4.78 is 0. The largest absolute Gasteiger partial charge is 0.373 e. The molecule has 1 N–H and O–H groups in total. The van der Waals surface area contributed by atoms with E-state index >= 15 is 0 Å². The molecule has 98 valence electrons. The van der Waals surface area contributed by atoms with Crippen LogP contribution in [0.15, 0.2) is 6.07 Å². The molecule has 0 atom stereocenters. The first kappa shape index (κ1) is 11.8. The smallest absolute Gasteiger partial charge is 0.134 e. The molecular weight excluding hydrogens is 224 g/mol. The van der Waals surface area contributed by atoms with Crippen molar-refractivity contribution in [3.63, 3.8) is 0 Å². The van der Waals surface area contributed by atoms with Gasteiger partial charge in [0.1, 0.15) is 17.5 Å². The third-order valence-corrected chi connectivity index (χ3v) is 3.76. The van der Waals surface area contributed by atoms with E-state index in [2.05, 4.69) is 26.3 Å². The minimum atomic E-state index is 0.855. The quantitative estimate of drug-likeness (QED) is 0.837. The van der Waals surface area contributed by atoms with Crippen molar-refractivity contribution in [3.05, 3.63) is 11.9 Å². The molecule has 2 aliphatic carbocycles. The van der Waals surface area contributed by atoms with E-state index < -0.39 is 0 Å². The summed E-state index contributed by atoms with van der Waals surface area (Å²) in [5, 5.41) is 3.12. The molecule has 18 heavy (non-hydrogen) atoms. The average Bonchev–Trinajstić information content (AvgIpc) is 3.22. The van der Waals surface area contributed by atoms with Gasteiger partial charge in [0.25, 0.3) is 0 Å². The number of hydrogen-bond donors (Lipinski definition) is 1. The monoisotopic (exact) mass is 246 g/mol. The highest BCUT2D eigenvalue weighted by atomic mass is 15.2. The number of nitrogens with zero attached hydrogens (tertiary/aromatic N) is 3. The molecule has 4 heteroatoms. The van der Waals surface area contributed by atoms with Crippen LogP contribution in [0.2, 0.25) is 0 Å². The first-order valence-corrected chi connectivity index (χ1v) is 7.03. The van der Waals surface area contributed by atoms with Crippen LogP contribution in [0.1, 0.15) is 31.5 Å². The molecule has 1 aromatic heterocycles. The molecule has 0 radical (unpaired) electrons. The maximum absolute atomic E-state index is 4.62. The Hall–Kier alpha value is -1.32. The van der Waals surface area contributed by atoms with E-state index in [1.54, 1.807) is 0 Å². The van der Waals surface area contributed by atoms with E-state index in [0.717, 1.165) is 29.3 Å². The maximum atomic E-state index is 4.62. The molecule has 0 bridgehead atoms. The summed E-state index contributed by atoms with van der Waals surface area (Å²) >= 11 is 0. The Morgan fingerprint density at radius 3 is 2.28 bits per heavy atom. The molecule has 0 unspecified atom stereocenters. The lowest BCUT2D eigenvalue weighted by Gasteiger charge is -2.24. The fraction of sp³-hybridized carbons (Fsp3) is 0.714. The SMILES string of the molecule is CNc1cc(N(CC2CC2)CC2CC2)nc(C)n1. The van der Waals surface area contributed by atoms with Crippen molar-refractivity contribution in [1.82, 2.24) is 9.97 Å². The van der Waals surface area contributed by atoms with Crippen molar-refractivity contribution in [1.29, 1.82) is 0 Å². The van der Waals surface area contributed by atoms with Crippen LogP contribution in [0.25, 0.3) is 0 Å². The number of aryl methyl sites for hydroxylation is 1. The first-order chi connectivity index (χ1) is 8.74. The number of nitrogens with one attached hydrogen (secondary N) is 1. The molecule has 4 nitrogen and oxygen atoms in total. The molecule has 0 spiro atoms. The van der Waals surface area contributed by atoms with Crippen LogP contribution in [0.3, 0.4) is 0 Å². The maximum Gasteiger partial charge on any atom is 0.134 e. The Morgan fingerprint density at radius 1 is 1.17 bits per heavy atom. The predicted molar refractivity (Wildman–Crippen MR) is 74.0 cm³/mol. The molecule has 1 heterocycles. The third-order valence-electron chi connectivity index (χ3n) is 3.76.